The largest absolute Gasteiger partial charge is 0.355 e. The maximum atomic E-state index is 6.43. The van der Waals surface area contributed by atoms with Gasteiger partial charge in [0.05, 0.1) is 5.02 Å². The van der Waals surface area contributed by atoms with Crippen LogP contribution < -0.4 is 10.2 Å². The summed E-state index contributed by atoms with van der Waals surface area (Å²) in [7, 11) is 0. The van der Waals surface area contributed by atoms with Gasteiger partial charge in [-0.1, -0.05) is 18.5 Å². The number of nitrogens with zero attached hydrogens (tertiary/aromatic N) is 2. The minimum Gasteiger partial charge on any atom is -0.355 e. The molecule has 1 saturated heterocycles. The van der Waals surface area contributed by atoms with E-state index in [1.54, 1.807) is 0 Å². The molecule has 4 heteroatoms. The van der Waals surface area contributed by atoms with Gasteiger partial charge >= 0.3 is 0 Å². The second-order valence-corrected chi connectivity index (χ2v) is 7.35. The van der Waals surface area contributed by atoms with Crippen LogP contribution in [-0.2, 0) is 6.54 Å². The number of halogens is 1. The molecule has 1 atom stereocenters. The molecule has 1 aromatic heterocycles. The molecule has 0 aromatic carbocycles. The van der Waals surface area contributed by atoms with Crippen LogP contribution >= 0.6 is 11.6 Å². The number of pyridine rings is 1. The van der Waals surface area contributed by atoms with Crippen LogP contribution in [0.4, 0.5) is 5.82 Å². The molecule has 0 radical (unpaired) electrons. The molecule has 1 fully saturated rings. The normalized spacial score (nSPS) is 20.2. The van der Waals surface area contributed by atoms with E-state index in [4.69, 9.17) is 11.6 Å². The Labute approximate surface area is 127 Å². The molecule has 2 heterocycles. The highest BCUT2D eigenvalue weighted by Crippen LogP contribution is 2.28. The van der Waals surface area contributed by atoms with Crippen molar-refractivity contribution in [1.82, 2.24) is 10.3 Å². The highest BCUT2D eigenvalue weighted by atomic mass is 35.5. The minimum atomic E-state index is 0.105. The number of rotatable bonds is 3. The third kappa shape index (κ3) is 4.35. The highest BCUT2D eigenvalue weighted by molar-refractivity contribution is 6.33. The summed E-state index contributed by atoms with van der Waals surface area (Å²) < 4.78 is 0. The third-order valence-electron chi connectivity index (χ3n) is 3.66. The average molecular weight is 296 g/mol. The molecule has 0 bridgehead atoms. The second kappa shape index (κ2) is 6.31. The summed E-state index contributed by atoms with van der Waals surface area (Å²) in [5.74, 6) is 1.67. The first-order valence-electron chi connectivity index (χ1n) is 7.49. The smallest absolute Gasteiger partial charge is 0.147 e. The van der Waals surface area contributed by atoms with Gasteiger partial charge in [-0.3, -0.25) is 0 Å². The number of hydrogen-bond donors (Lipinski definition) is 1. The third-order valence-corrected chi connectivity index (χ3v) is 3.94. The van der Waals surface area contributed by atoms with Crippen LogP contribution in [0.2, 0.25) is 5.02 Å². The van der Waals surface area contributed by atoms with Crippen molar-refractivity contribution in [1.29, 1.82) is 0 Å². The molecule has 1 aliphatic heterocycles. The molecule has 1 N–H and O–H groups in total. The fourth-order valence-corrected chi connectivity index (χ4v) is 2.86. The van der Waals surface area contributed by atoms with Crippen LogP contribution in [0.3, 0.4) is 0 Å². The Hall–Kier alpha value is -0.800. The van der Waals surface area contributed by atoms with E-state index in [2.05, 4.69) is 42.9 Å². The van der Waals surface area contributed by atoms with Crippen molar-refractivity contribution in [2.75, 3.05) is 18.0 Å². The molecular formula is C16H26ClN3. The fourth-order valence-electron chi connectivity index (χ4n) is 2.55. The van der Waals surface area contributed by atoms with Crippen molar-refractivity contribution in [3.05, 3.63) is 22.8 Å². The molecule has 0 amide bonds. The Morgan fingerprint density at radius 2 is 2.20 bits per heavy atom. The predicted octanol–water partition coefficient (Wildman–Crippen LogP) is 3.86. The van der Waals surface area contributed by atoms with Crippen LogP contribution in [0, 0.1) is 5.92 Å². The summed E-state index contributed by atoms with van der Waals surface area (Å²) in [4.78, 5) is 6.91. The Bertz CT molecular complexity index is 454. The lowest BCUT2D eigenvalue weighted by molar-refractivity contribution is 0.423. The minimum absolute atomic E-state index is 0.105. The van der Waals surface area contributed by atoms with Crippen LogP contribution in [0.1, 0.15) is 46.1 Å². The van der Waals surface area contributed by atoms with Crippen molar-refractivity contribution in [3.8, 4) is 0 Å². The zero-order valence-corrected chi connectivity index (χ0v) is 13.8. The topological polar surface area (TPSA) is 28.2 Å². The number of aromatic nitrogens is 1. The van der Waals surface area contributed by atoms with E-state index in [-0.39, 0.29) is 5.54 Å². The van der Waals surface area contributed by atoms with Gasteiger partial charge in [0.1, 0.15) is 5.82 Å². The lowest BCUT2D eigenvalue weighted by Crippen LogP contribution is -2.36. The van der Waals surface area contributed by atoms with Crippen LogP contribution in [0.15, 0.2) is 12.3 Å². The molecule has 1 unspecified atom stereocenters. The zero-order valence-electron chi connectivity index (χ0n) is 13.0. The standard InChI is InChI=1S/C16H26ClN3/c1-12-6-5-7-20(11-12)15-14(17)8-13(9-18-15)10-19-16(2,3)4/h8-9,12,19H,5-7,10-11H2,1-4H3. The van der Waals surface area contributed by atoms with Crippen LogP contribution in [0.25, 0.3) is 0 Å². The number of hydrogen-bond acceptors (Lipinski definition) is 3. The Balaban J connectivity index is 2.05. The molecule has 0 spiro atoms. The highest BCUT2D eigenvalue weighted by Gasteiger charge is 2.20. The molecule has 2 rings (SSSR count). The van der Waals surface area contributed by atoms with E-state index < -0.39 is 0 Å². The Kier molecular flexibility index (Phi) is 4.92. The zero-order chi connectivity index (χ0) is 14.8. The SMILES string of the molecule is CC1CCCN(c2ncc(CNC(C)(C)C)cc2Cl)C1. The van der Waals surface area contributed by atoms with E-state index in [9.17, 15) is 0 Å². The molecular weight excluding hydrogens is 270 g/mol. The Morgan fingerprint density at radius 3 is 2.80 bits per heavy atom. The molecule has 0 aliphatic carbocycles. The van der Waals surface area contributed by atoms with E-state index >= 15 is 0 Å². The second-order valence-electron chi connectivity index (χ2n) is 6.95. The predicted molar refractivity (Wildman–Crippen MR) is 86.5 cm³/mol. The molecule has 1 aliphatic rings. The van der Waals surface area contributed by atoms with Crippen molar-refractivity contribution in [3.63, 3.8) is 0 Å². The van der Waals surface area contributed by atoms with E-state index in [0.29, 0.717) is 0 Å². The summed E-state index contributed by atoms with van der Waals surface area (Å²) in [5, 5.41) is 4.23. The summed E-state index contributed by atoms with van der Waals surface area (Å²) in [6.07, 6.45) is 4.48. The van der Waals surface area contributed by atoms with Gasteiger partial charge in [0.15, 0.2) is 0 Å². The van der Waals surface area contributed by atoms with Crippen molar-refractivity contribution in [2.45, 2.75) is 52.6 Å². The first-order chi connectivity index (χ1) is 9.35. The van der Waals surface area contributed by atoms with Crippen molar-refractivity contribution >= 4 is 17.4 Å². The molecule has 1 aromatic rings. The average Bonchev–Trinajstić information content (AvgIpc) is 2.35. The number of anilines is 1. The van der Waals surface area contributed by atoms with Gasteiger partial charge in [0.2, 0.25) is 0 Å². The fraction of sp³-hybridized carbons (Fsp3) is 0.688. The Morgan fingerprint density at radius 1 is 1.45 bits per heavy atom. The van der Waals surface area contributed by atoms with E-state index in [0.717, 1.165) is 42.0 Å². The van der Waals surface area contributed by atoms with Crippen LogP contribution in [-0.4, -0.2) is 23.6 Å². The maximum absolute atomic E-state index is 6.43. The summed E-state index contributed by atoms with van der Waals surface area (Å²) in [6, 6.07) is 2.04. The molecule has 20 heavy (non-hydrogen) atoms. The summed E-state index contributed by atoms with van der Waals surface area (Å²) >= 11 is 6.43. The van der Waals surface area contributed by atoms with Crippen molar-refractivity contribution in [2.24, 2.45) is 5.92 Å². The summed E-state index contributed by atoms with van der Waals surface area (Å²) in [5.41, 5.74) is 1.24. The maximum Gasteiger partial charge on any atom is 0.147 e. The number of piperidine rings is 1. The van der Waals surface area contributed by atoms with Crippen LogP contribution in [0.5, 0.6) is 0 Å². The van der Waals surface area contributed by atoms with Gasteiger partial charge in [-0.05, 0) is 51.2 Å². The first-order valence-corrected chi connectivity index (χ1v) is 7.87. The van der Waals surface area contributed by atoms with Crippen molar-refractivity contribution < 1.29 is 0 Å². The van der Waals surface area contributed by atoms with Gasteiger partial charge in [-0.15, -0.1) is 0 Å². The lowest BCUT2D eigenvalue weighted by atomic mass is 10.0. The monoisotopic (exact) mass is 295 g/mol. The quantitative estimate of drug-likeness (QED) is 0.918. The first kappa shape index (κ1) is 15.6. The summed E-state index contributed by atoms with van der Waals surface area (Å²) in [6.45, 7) is 11.7. The number of nitrogens with one attached hydrogen (secondary N) is 1. The van der Waals surface area contributed by atoms with E-state index in [1.165, 1.54) is 12.8 Å². The van der Waals surface area contributed by atoms with Gasteiger partial charge in [0.25, 0.3) is 0 Å². The van der Waals surface area contributed by atoms with Gasteiger partial charge in [-0.25, -0.2) is 4.98 Å². The van der Waals surface area contributed by atoms with Gasteiger partial charge in [-0.2, -0.15) is 0 Å². The van der Waals surface area contributed by atoms with Gasteiger partial charge < -0.3 is 10.2 Å². The molecule has 112 valence electrons. The van der Waals surface area contributed by atoms with E-state index in [1.807, 2.05) is 12.3 Å². The molecule has 0 saturated carbocycles. The lowest BCUT2D eigenvalue weighted by Gasteiger charge is -2.32. The van der Waals surface area contributed by atoms with Gasteiger partial charge in [0, 0.05) is 31.4 Å². The molecule has 3 nitrogen and oxygen atoms in total.